The summed E-state index contributed by atoms with van der Waals surface area (Å²) in [6.45, 7) is 0.775. The van der Waals surface area contributed by atoms with Crippen LogP contribution >= 0.6 is 0 Å². The summed E-state index contributed by atoms with van der Waals surface area (Å²) >= 11 is 0. The van der Waals surface area contributed by atoms with Gasteiger partial charge in [-0.05, 0) is 23.8 Å². The predicted octanol–water partition coefficient (Wildman–Crippen LogP) is 2.18. The lowest BCUT2D eigenvalue weighted by Gasteiger charge is -2.15. The number of methoxy groups -OCH3 is 2. The normalized spacial score (nSPS) is 11.4. The molecule has 0 bridgehead atoms. The van der Waals surface area contributed by atoms with Crippen molar-refractivity contribution in [3.05, 3.63) is 77.8 Å². The molecule has 0 atom stereocenters. The summed E-state index contributed by atoms with van der Waals surface area (Å²) in [4.78, 5) is 24.3. The van der Waals surface area contributed by atoms with Gasteiger partial charge in [-0.1, -0.05) is 30.3 Å². The fourth-order valence-corrected chi connectivity index (χ4v) is 3.21. The first-order chi connectivity index (χ1) is 14.4. The van der Waals surface area contributed by atoms with Crippen molar-refractivity contribution < 1.29 is 19.1 Å². The molecule has 0 aliphatic carbocycles. The fourth-order valence-electron chi connectivity index (χ4n) is 3.21. The number of Topliss-reactive ketones (excluding diaryl/α,β-unsaturated/α-hetero) is 1. The lowest BCUT2D eigenvalue weighted by molar-refractivity contribution is -0.135. The largest absolute Gasteiger partial charge is 0.497 e. The highest BCUT2D eigenvalue weighted by Gasteiger charge is 2.22. The number of rotatable bonds is 8. The molecule has 0 fully saturated rings. The van der Waals surface area contributed by atoms with Gasteiger partial charge < -0.3 is 24.8 Å². The van der Waals surface area contributed by atoms with Crippen molar-refractivity contribution in [3.63, 3.8) is 0 Å². The smallest absolute Gasteiger partial charge is 0.379 e. The van der Waals surface area contributed by atoms with Crippen LogP contribution in [0.15, 0.2) is 66.6 Å². The van der Waals surface area contributed by atoms with Crippen molar-refractivity contribution in [3.8, 4) is 5.75 Å². The average molecular weight is 408 g/mol. The number of carbonyl (C=O) groups excluding carboxylic acids is 2. The first-order valence-corrected chi connectivity index (χ1v) is 9.24. The Morgan fingerprint density at radius 3 is 2.53 bits per heavy atom. The van der Waals surface area contributed by atoms with Crippen LogP contribution in [-0.2, 0) is 22.6 Å². The second kappa shape index (κ2) is 9.15. The van der Waals surface area contributed by atoms with Gasteiger partial charge in [-0.15, -0.1) is 0 Å². The van der Waals surface area contributed by atoms with Gasteiger partial charge in [0.05, 0.1) is 32.9 Å². The van der Waals surface area contributed by atoms with Gasteiger partial charge in [-0.3, -0.25) is 4.79 Å². The molecule has 4 N–H and O–H groups in total. The maximum absolute atomic E-state index is 12.5. The van der Waals surface area contributed by atoms with Crippen LogP contribution in [0, 0.1) is 0 Å². The average Bonchev–Trinajstić information content (AvgIpc) is 3.10. The third-order valence-corrected chi connectivity index (χ3v) is 4.60. The van der Waals surface area contributed by atoms with Crippen molar-refractivity contribution in [2.45, 2.75) is 13.1 Å². The maximum Gasteiger partial charge on any atom is 0.379 e. The number of hydrogen-bond donors (Lipinski definition) is 2. The number of ketones is 1. The monoisotopic (exact) mass is 408 g/mol. The Kier molecular flexibility index (Phi) is 6.38. The zero-order chi connectivity index (χ0) is 21.7. The molecule has 0 radical (unpaired) electrons. The number of ether oxygens (including phenoxy) is 2. The number of hydrazine groups is 1. The van der Waals surface area contributed by atoms with E-state index in [2.05, 4.69) is 4.74 Å². The molecule has 1 heterocycles. The number of fused-ring (bicyclic) bond motifs is 1. The van der Waals surface area contributed by atoms with Gasteiger partial charge in [0.1, 0.15) is 5.75 Å². The van der Waals surface area contributed by atoms with E-state index >= 15 is 0 Å². The molecule has 2 aromatic carbocycles. The highest BCUT2D eigenvalue weighted by atomic mass is 16.5. The lowest BCUT2D eigenvalue weighted by Crippen LogP contribution is -2.26. The molecule has 0 unspecified atom stereocenters. The molecule has 0 aliphatic heterocycles. The van der Waals surface area contributed by atoms with Crippen LogP contribution in [0.25, 0.3) is 10.9 Å². The van der Waals surface area contributed by atoms with Crippen LogP contribution in [0.4, 0.5) is 0 Å². The molecule has 156 valence electrons. The fraction of sp³-hybridized carbons (Fsp3) is 0.182. The molecule has 0 saturated heterocycles. The highest BCUT2D eigenvalue weighted by molar-refractivity contribution is 6.43. The molecule has 3 rings (SSSR count). The van der Waals surface area contributed by atoms with E-state index in [1.807, 2.05) is 30.3 Å². The van der Waals surface area contributed by atoms with Gasteiger partial charge in [0, 0.05) is 29.0 Å². The van der Waals surface area contributed by atoms with E-state index in [4.69, 9.17) is 16.3 Å². The molecule has 0 aliphatic rings. The summed E-state index contributed by atoms with van der Waals surface area (Å²) in [5.41, 5.74) is 8.68. The number of nitrogens with two attached hydrogens (primary N) is 2. The Balaban J connectivity index is 1.89. The number of benzene rings is 2. The van der Waals surface area contributed by atoms with Crippen LogP contribution in [0.1, 0.15) is 15.9 Å². The minimum absolute atomic E-state index is 0.220. The zero-order valence-corrected chi connectivity index (χ0v) is 16.9. The lowest BCUT2D eigenvalue weighted by atomic mass is 10.1. The third-order valence-electron chi connectivity index (χ3n) is 4.60. The van der Waals surface area contributed by atoms with Gasteiger partial charge in [0.25, 0.3) is 5.78 Å². The minimum atomic E-state index is -0.934. The van der Waals surface area contributed by atoms with E-state index in [1.54, 1.807) is 35.2 Å². The van der Waals surface area contributed by atoms with Crippen LogP contribution in [0.3, 0.4) is 0 Å². The molecular weight excluding hydrogens is 384 g/mol. The quantitative estimate of drug-likeness (QED) is 0.193. The van der Waals surface area contributed by atoms with Crippen molar-refractivity contribution in [1.82, 2.24) is 9.58 Å². The minimum Gasteiger partial charge on any atom is -0.497 e. The number of allylic oxidation sites excluding steroid dienone is 1. The van der Waals surface area contributed by atoms with E-state index in [-0.39, 0.29) is 12.1 Å². The van der Waals surface area contributed by atoms with Crippen molar-refractivity contribution in [1.29, 1.82) is 0 Å². The van der Waals surface area contributed by atoms with Gasteiger partial charge in [-0.25, -0.2) is 10.6 Å². The summed E-state index contributed by atoms with van der Waals surface area (Å²) in [6, 6.07) is 15.0. The molecule has 0 saturated carbocycles. The standard InChI is InChI=1S/C22H24N4O4/c1-29-17-8-9-20-18(10-17)19(21(27)22(28)30-2)14-25(20)12-16(23)13-26(24)11-15-6-4-3-5-7-15/h3-10,13-14H,11-12,23-24H2,1-2H3/b16-13-. The Hall–Kier alpha value is -3.78. The van der Waals surface area contributed by atoms with Crippen LogP contribution < -0.4 is 16.3 Å². The third kappa shape index (κ3) is 4.61. The number of carbonyl (C=O) groups is 2. The van der Waals surface area contributed by atoms with E-state index in [9.17, 15) is 9.59 Å². The van der Waals surface area contributed by atoms with E-state index < -0.39 is 11.8 Å². The first kappa shape index (κ1) is 20.9. The second-order valence-corrected chi connectivity index (χ2v) is 6.74. The van der Waals surface area contributed by atoms with Crippen LogP contribution in [-0.4, -0.2) is 35.5 Å². The molecular formula is C22H24N4O4. The SMILES string of the molecule is COC(=O)C(=O)c1cn(C/C(N)=C/N(N)Cc2ccccc2)c2ccc(OC)cc12. The Labute approximate surface area is 174 Å². The number of nitrogens with zero attached hydrogens (tertiary/aromatic N) is 2. The highest BCUT2D eigenvalue weighted by Crippen LogP contribution is 2.27. The predicted molar refractivity (Wildman–Crippen MR) is 113 cm³/mol. The Bertz CT molecular complexity index is 1090. The molecule has 8 heteroatoms. The summed E-state index contributed by atoms with van der Waals surface area (Å²) in [7, 11) is 2.70. The number of aromatic nitrogens is 1. The summed E-state index contributed by atoms with van der Waals surface area (Å²) in [5.74, 6) is 4.96. The van der Waals surface area contributed by atoms with Gasteiger partial charge in [0.2, 0.25) is 0 Å². The molecule has 0 amide bonds. The summed E-state index contributed by atoms with van der Waals surface area (Å²) < 4.78 is 11.6. The molecule has 1 aromatic heterocycles. The summed E-state index contributed by atoms with van der Waals surface area (Å²) in [6.07, 6.45) is 3.23. The van der Waals surface area contributed by atoms with Crippen LogP contribution in [0.5, 0.6) is 5.75 Å². The second-order valence-electron chi connectivity index (χ2n) is 6.74. The van der Waals surface area contributed by atoms with Crippen LogP contribution in [0.2, 0.25) is 0 Å². The van der Waals surface area contributed by atoms with Crippen molar-refractivity contribution >= 4 is 22.7 Å². The zero-order valence-electron chi connectivity index (χ0n) is 16.9. The van der Waals surface area contributed by atoms with E-state index in [1.165, 1.54) is 19.2 Å². The van der Waals surface area contributed by atoms with Gasteiger partial charge >= 0.3 is 5.97 Å². The maximum atomic E-state index is 12.5. The van der Waals surface area contributed by atoms with E-state index in [0.29, 0.717) is 23.4 Å². The first-order valence-electron chi connectivity index (χ1n) is 9.24. The Morgan fingerprint density at radius 1 is 1.13 bits per heavy atom. The number of esters is 1. The number of hydrogen-bond acceptors (Lipinski definition) is 7. The van der Waals surface area contributed by atoms with Crippen molar-refractivity contribution in [2.75, 3.05) is 14.2 Å². The van der Waals surface area contributed by atoms with Gasteiger partial charge in [0.15, 0.2) is 0 Å². The van der Waals surface area contributed by atoms with Gasteiger partial charge in [-0.2, -0.15) is 0 Å². The molecule has 0 spiro atoms. The topological polar surface area (TPSA) is 113 Å². The van der Waals surface area contributed by atoms with Crippen molar-refractivity contribution in [2.24, 2.45) is 11.6 Å². The molecule has 30 heavy (non-hydrogen) atoms. The Morgan fingerprint density at radius 2 is 1.87 bits per heavy atom. The molecule has 8 nitrogen and oxygen atoms in total. The van der Waals surface area contributed by atoms with E-state index in [0.717, 1.165) is 11.1 Å². The summed E-state index contributed by atoms with van der Waals surface area (Å²) in [5, 5.41) is 2.08. The molecule has 3 aromatic rings.